The molecular weight excluding hydrogens is 412 g/mol. The van der Waals surface area contributed by atoms with Crippen molar-refractivity contribution in [3.05, 3.63) is 23.8 Å². The molecule has 3 fully saturated rings. The van der Waals surface area contributed by atoms with Gasteiger partial charge in [0.2, 0.25) is 5.78 Å². The summed E-state index contributed by atoms with van der Waals surface area (Å²) in [5.41, 5.74) is -0.865. The number of hydrogen-bond acceptors (Lipinski definition) is 7. The molecule has 176 valence electrons. The van der Waals surface area contributed by atoms with Gasteiger partial charge in [0.25, 0.3) is 0 Å². The summed E-state index contributed by atoms with van der Waals surface area (Å²) in [6.07, 6.45) is 10.1. The molecule has 0 spiro atoms. The molecule has 4 rings (SSSR count). The zero-order chi connectivity index (χ0) is 23.1. The smallest absolute Gasteiger partial charge is 0.333 e. The summed E-state index contributed by atoms with van der Waals surface area (Å²) < 4.78 is 11.0. The third-order valence-electron chi connectivity index (χ3n) is 9.01. The second kappa shape index (κ2) is 8.50. The van der Waals surface area contributed by atoms with Crippen molar-refractivity contribution in [3.8, 4) is 0 Å². The lowest BCUT2D eigenvalue weighted by Gasteiger charge is -2.58. The molecule has 0 saturated heterocycles. The zero-order valence-electron chi connectivity index (χ0n) is 19.0. The molecule has 0 radical (unpaired) electrons. The normalized spacial score (nSPS) is 40.2. The molecule has 2 N–H and O–H groups in total. The Hall–Kier alpha value is -1.83. The van der Waals surface area contributed by atoms with E-state index in [1.165, 1.54) is 5.57 Å². The highest BCUT2D eigenvalue weighted by atomic mass is 16.6. The van der Waals surface area contributed by atoms with E-state index in [-0.39, 0.29) is 36.9 Å². The molecule has 7 heteroatoms. The van der Waals surface area contributed by atoms with E-state index in [1.807, 2.05) is 6.92 Å². The fraction of sp³-hybridized carbons (Fsp3) is 0.720. The van der Waals surface area contributed by atoms with Gasteiger partial charge in [0.15, 0.2) is 11.4 Å². The predicted molar refractivity (Wildman–Crippen MR) is 115 cm³/mol. The Kier molecular flexibility index (Phi) is 6.20. The summed E-state index contributed by atoms with van der Waals surface area (Å²) in [5.74, 6) is -0.117. The van der Waals surface area contributed by atoms with E-state index in [0.717, 1.165) is 25.7 Å². The largest absolute Gasteiger partial charge is 0.449 e. The fourth-order valence-electron chi connectivity index (χ4n) is 7.45. The molecule has 4 aliphatic carbocycles. The monoisotopic (exact) mass is 446 g/mol. The van der Waals surface area contributed by atoms with Crippen LogP contribution in [-0.4, -0.2) is 59.8 Å². The van der Waals surface area contributed by atoms with Crippen molar-refractivity contribution in [2.75, 3.05) is 26.4 Å². The summed E-state index contributed by atoms with van der Waals surface area (Å²) in [7, 11) is 0. The van der Waals surface area contributed by atoms with Crippen molar-refractivity contribution in [1.29, 1.82) is 0 Å². The Morgan fingerprint density at radius 1 is 1.12 bits per heavy atom. The maximum Gasteiger partial charge on any atom is 0.333 e. The quantitative estimate of drug-likeness (QED) is 0.455. The number of aliphatic hydroxyl groups is 2. The minimum absolute atomic E-state index is 0.0180. The van der Waals surface area contributed by atoms with E-state index in [9.17, 15) is 19.5 Å². The third-order valence-corrected chi connectivity index (χ3v) is 9.01. The average molecular weight is 447 g/mol. The van der Waals surface area contributed by atoms with Crippen molar-refractivity contribution in [1.82, 2.24) is 0 Å². The molecule has 0 unspecified atom stereocenters. The van der Waals surface area contributed by atoms with Gasteiger partial charge in [-0.25, -0.2) is 4.79 Å². The number of esters is 1. The highest BCUT2D eigenvalue weighted by molar-refractivity contribution is 6.01. The standard InChI is InChI=1S/C25H34O7/c1-23-8-5-17(28)13-16(23)3-4-18-19(23)6-9-24(2)20(18)7-10-25(24,21(29)14-27)32-22(30)15-31-12-11-26/h5,8,13,18-20,26-27H,3-4,6-7,9-12,14-15H2,1-2H3/t18-,19+,20+,23+,24+,25+/m1/s1. The first-order chi connectivity index (χ1) is 15.2. The lowest BCUT2D eigenvalue weighted by atomic mass is 9.47. The molecule has 7 nitrogen and oxygen atoms in total. The number of hydrogen-bond donors (Lipinski definition) is 2. The van der Waals surface area contributed by atoms with Crippen LogP contribution in [0, 0.1) is 28.6 Å². The Bertz CT molecular complexity index is 860. The van der Waals surface area contributed by atoms with Gasteiger partial charge in [0.05, 0.1) is 13.2 Å². The van der Waals surface area contributed by atoms with Crippen molar-refractivity contribution >= 4 is 17.5 Å². The number of ketones is 2. The van der Waals surface area contributed by atoms with Crippen LogP contribution in [0.25, 0.3) is 0 Å². The van der Waals surface area contributed by atoms with E-state index in [2.05, 4.69) is 13.0 Å². The molecule has 0 aromatic carbocycles. The van der Waals surface area contributed by atoms with Crippen LogP contribution in [0.3, 0.4) is 0 Å². The second-order valence-corrected chi connectivity index (χ2v) is 10.3. The Labute approximate surface area is 188 Å². The molecule has 4 aliphatic rings. The van der Waals surface area contributed by atoms with Gasteiger partial charge in [-0.1, -0.05) is 25.5 Å². The van der Waals surface area contributed by atoms with Crippen LogP contribution in [0.15, 0.2) is 23.8 Å². The molecule has 0 aromatic heterocycles. The summed E-state index contributed by atoms with van der Waals surface area (Å²) in [6.45, 7) is 3.08. The second-order valence-electron chi connectivity index (χ2n) is 10.3. The van der Waals surface area contributed by atoms with Gasteiger partial charge in [0, 0.05) is 10.8 Å². The summed E-state index contributed by atoms with van der Waals surface area (Å²) in [4.78, 5) is 37.6. The maximum absolute atomic E-state index is 13.1. The highest BCUT2D eigenvalue weighted by Crippen LogP contribution is 2.67. The number of ether oxygens (including phenoxy) is 2. The van der Waals surface area contributed by atoms with Crippen LogP contribution >= 0.6 is 0 Å². The average Bonchev–Trinajstić information content (AvgIpc) is 3.07. The van der Waals surface area contributed by atoms with Crippen LogP contribution in [0.4, 0.5) is 0 Å². The molecule has 0 amide bonds. The maximum atomic E-state index is 13.1. The molecule has 0 aliphatic heterocycles. The molecule has 0 aromatic rings. The first-order valence-corrected chi connectivity index (χ1v) is 11.7. The number of carbonyl (C=O) groups excluding carboxylic acids is 3. The van der Waals surface area contributed by atoms with Crippen LogP contribution in [0.1, 0.15) is 52.4 Å². The van der Waals surface area contributed by atoms with E-state index < -0.39 is 29.4 Å². The predicted octanol–water partition coefficient (Wildman–Crippen LogP) is 2.15. The van der Waals surface area contributed by atoms with E-state index in [4.69, 9.17) is 14.6 Å². The first-order valence-electron chi connectivity index (χ1n) is 11.7. The Balaban J connectivity index is 1.62. The van der Waals surface area contributed by atoms with Gasteiger partial charge < -0.3 is 19.7 Å². The number of Topliss-reactive ketones (excluding diaryl/α,β-unsaturated/α-hetero) is 1. The summed E-state index contributed by atoms with van der Waals surface area (Å²) in [5, 5.41) is 18.7. The van der Waals surface area contributed by atoms with Crippen molar-refractivity contribution in [2.24, 2.45) is 28.6 Å². The molecule has 0 bridgehead atoms. The number of fused-ring (bicyclic) bond motifs is 5. The molecule has 3 saturated carbocycles. The van der Waals surface area contributed by atoms with Crippen LogP contribution in [-0.2, 0) is 23.9 Å². The SMILES string of the molecule is C[C@]12C=CC(=O)C=C1CC[C@@H]1[C@@H]2CC[C@@]2(C)[C@H]1CC[C@]2(OC(=O)COCCO)C(=O)CO. The minimum atomic E-state index is -1.35. The van der Waals surface area contributed by atoms with E-state index in [0.29, 0.717) is 24.7 Å². The van der Waals surface area contributed by atoms with Crippen LogP contribution < -0.4 is 0 Å². The number of rotatable bonds is 7. The third kappa shape index (κ3) is 3.40. The Morgan fingerprint density at radius 3 is 2.59 bits per heavy atom. The van der Waals surface area contributed by atoms with Gasteiger partial charge in [-0.2, -0.15) is 0 Å². The van der Waals surface area contributed by atoms with Gasteiger partial charge in [0.1, 0.15) is 13.2 Å². The minimum Gasteiger partial charge on any atom is -0.449 e. The van der Waals surface area contributed by atoms with Gasteiger partial charge in [-0.3, -0.25) is 9.59 Å². The fourth-order valence-corrected chi connectivity index (χ4v) is 7.45. The summed E-state index contributed by atoms with van der Waals surface area (Å²) in [6, 6.07) is 0. The van der Waals surface area contributed by atoms with Crippen molar-refractivity contribution < 1.29 is 34.1 Å². The number of aliphatic hydroxyl groups excluding tert-OH is 2. The topological polar surface area (TPSA) is 110 Å². The first kappa shape index (κ1) is 23.3. The van der Waals surface area contributed by atoms with E-state index >= 15 is 0 Å². The highest BCUT2D eigenvalue weighted by Gasteiger charge is 2.68. The molecule has 0 heterocycles. The Morgan fingerprint density at radius 2 is 1.88 bits per heavy atom. The van der Waals surface area contributed by atoms with Gasteiger partial charge >= 0.3 is 5.97 Å². The van der Waals surface area contributed by atoms with Crippen molar-refractivity contribution in [2.45, 2.75) is 58.0 Å². The molecular formula is C25H34O7. The molecule has 6 atom stereocenters. The van der Waals surface area contributed by atoms with Crippen LogP contribution in [0.2, 0.25) is 0 Å². The number of carbonyl (C=O) groups is 3. The number of allylic oxidation sites excluding steroid dienone is 4. The van der Waals surface area contributed by atoms with Crippen LogP contribution in [0.5, 0.6) is 0 Å². The van der Waals surface area contributed by atoms with Gasteiger partial charge in [-0.05, 0) is 68.4 Å². The molecule has 32 heavy (non-hydrogen) atoms. The lowest BCUT2D eigenvalue weighted by Crippen LogP contribution is -2.59. The van der Waals surface area contributed by atoms with Crippen molar-refractivity contribution in [3.63, 3.8) is 0 Å². The van der Waals surface area contributed by atoms with Gasteiger partial charge in [-0.15, -0.1) is 0 Å². The summed E-state index contributed by atoms with van der Waals surface area (Å²) >= 11 is 0. The lowest BCUT2D eigenvalue weighted by molar-refractivity contribution is -0.193. The zero-order valence-corrected chi connectivity index (χ0v) is 19.0. The van der Waals surface area contributed by atoms with E-state index in [1.54, 1.807) is 12.2 Å².